The molecule has 1 atom stereocenters. The Morgan fingerprint density at radius 2 is 2.00 bits per heavy atom. The Balaban J connectivity index is 0.00000112. The van der Waals surface area contributed by atoms with Crippen LogP contribution in [0.25, 0.3) is 0 Å². The molecule has 0 saturated heterocycles. The van der Waals surface area contributed by atoms with Gasteiger partial charge in [-0.3, -0.25) is 0 Å². The van der Waals surface area contributed by atoms with Gasteiger partial charge in [0.05, 0.1) is 0 Å². The largest absolute Gasteiger partial charge is 0.398 e. The fourth-order valence-electron chi connectivity index (χ4n) is 1.89. The van der Waals surface area contributed by atoms with Crippen LogP contribution >= 0.6 is 24.0 Å². The Labute approximate surface area is 101 Å². The van der Waals surface area contributed by atoms with Crippen LogP contribution in [-0.4, -0.2) is 0 Å². The van der Waals surface area contributed by atoms with Crippen molar-refractivity contribution in [2.24, 2.45) is 11.7 Å². The summed E-state index contributed by atoms with van der Waals surface area (Å²) in [5.41, 5.74) is 13.8. The molecule has 4 heteroatoms. The van der Waals surface area contributed by atoms with Crippen molar-refractivity contribution in [3.05, 3.63) is 28.8 Å². The lowest BCUT2D eigenvalue weighted by Gasteiger charge is -2.32. The number of hydrogen-bond donors (Lipinski definition) is 2. The fraction of sp³-hybridized carbons (Fsp3) is 0.455. The normalized spacial score (nSPS) is 17.7. The first-order valence-corrected chi connectivity index (χ1v) is 5.37. The van der Waals surface area contributed by atoms with E-state index in [0.29, 0.717) is 10.9 Å². The van der Waals surface area contributed by atoms with Crippen LogP contribution in [0.3, 0.4) is 0 Å². The molecule has 1 aliphatic carbocycles. The second-order valence-corrected chi connectivity index (χ2v) is 4.43. The summed E-state index contributed by atoms with van der Waals surface area (Å²) >= 11 is 5.92. The molecule has 1 saturated carbocycles. The van der Waals surface area contributed by atoms with Crippen LogP contribution in [0, 0.1) is 5.92 Å². The van der Waals surface area contributed by atoms with Gasteiger partial charge in [0.15, 0.2) is 0 Å². The summed E-state index contributed by atoms with van der Waals surface area (Å²) in [5, 5.41) is 0.712. The minimum atomic E-state index is 0. The molecule has 0 unspecified atom stereocenters. The summed E-state index contributed by atoms with van der Waals surface area (Å²) in [6.07, 6.45) is 3.72. The molecule has 4 N–H and O–H groups in total. The molecule has 1 fully saturated rings. The highest BCUT2D eigenvalue weighted by molar-refractivity contribution is 6.30. The summed E-state index contributed by atoms with van der Waals surface area (Å²) in [5.74, 6) is 0.593. The van der Waals surface area contributed by atoms with Gasteiger partial charge in [0, 0.05) is 16.8 Å². The van der Waals surface area contributed by atoms with Crippen molar-refractivity contribution in [3.63, 3.8) is 0 Å². The summed E-state index contributed by atoms with van der Waals surface area (Å²) in [4.78, 5) is 0. The van der Waals surface area contributed by atoms with Gasteiger partial charge in [-0.1, -0.05) is 18.0 Å². The topological polar surface area (TPSA) is 52.0 Å². The van der Waals surface area contributed by atoms with E-state index in [-0.39, 0.29) is 18.4 Å². The van der Waals surface area contributed by atoms with E-state index in [4.69, 9.17) is 23.1 Å². The Morgan fingerprint density at radius 1 is 1.33 bits per heavy atom. The highest BCUT2D eigenvalue weighted by atomic mass is 35.5. The van der Waals surface area contributed by atoms with Gasteiger partial charge in [0.25, 0.3) is 0 Å². The zero-order valence-corrected chi connectivity index (χ0v) is 10.0. The molecule has 84 valence electrons. The number of hydrogen-bond acceptors (Lipinski definition) is 2. The molecule has 1 aliphatic rings. The minimum Gasteiger partial charge on any atom is -0.398 e. The Hall–Kier alpha value is -0.440. The number of anilines is 1. The molecule has 1 aromatic carbocycles. The summed E-state index contributed by atoms with van der Waals surface area (Å²) in [6, 6.07) is 5.58. The lowest BCUT2D eigenvalue weighted by atomic mass is 9.77. The molecule has 0 spiro atoms. The molecule has 0 amide bonds. The maximum absolute atomic E-state index is 6.13. The number of nitrogens with two attached hydrogens (primary N) is 2. The number of rotatable bonds is 2. The molecule has 15 heavy (non-hydrogen) atoms. The summed E-state index contributed by atoms with van der Waals surface area (Å²) in [7, 11) is 0. The van der Waals surface area contributed by atoms with Gasteiger partial charge in [-0.2, -0.15) is 0 Å². The van der Waals surface area contributed by atoms with Crippen LogP contribution in [0.15, 0.2) is 18.2 Å². The first-order chi connectivity index (χ1) is 6.68. The molecular weight excluding hydrogens is 231 g/mol. The third-order valence-electron chi connectivity index (χ3n) is 3.07. The second-order valence-electron chi connectivity index (χ2n) is 3.99. The van der Waals surface area contributed by atoms with Crippen molar-refractivity contribution in [2.45, 2.75) is 25.3 Å². The van der Waals surface area contributed by atoms with E-state index in [1.807, 2.05) is 12.1 Å². The Morgan fingerprint density at radius 3 is 2.53 bits per heavy atom. The van der Waals surface area contributed by atoms with Gasteiger partial charge in [0.2, 0.25) is 0 Å². The number of halogens is 2. The Kier molecular flexibility index (Phi) is 4.26. The molecule has 2 nitrogen and oxygen atoms in total. The highest BCUT2D eigenvalue weighted by Gasteiger charge is 2.26. The molecule has 0 bridgehead atoms. The van der Waals surface area contributed by atoms with E-state index in [9.17, 15) is 0 Å². The van der Waals surface area contributed by atoms with Crippen molar-refractivity contribution >= 4 is 29.7 Å². The van der Waals surface area contributed by atoms with Crippen LogP contribution < -0.4 is 11.5 Å². The highest BCUT2D eigenvalue weighted by Crippen LogP contribution is 2.38. The minimum absolute atomic E-state index is 0. The van der Waals surface area contributed by atoms with E-state index in [0.717, 1.165) is 11.3 Å². The predicted molar refractivity (Wildman–Crippen MR) is 67.4 cm³/mol. The Bertz CT molecular complexity index is 337. The average Bonchev–Trinajstić information content (AvgIpc) is 2.06. The third-order valence-corrected chi connectivity index (χ3v) is 3.30. The molecule has 1 aromatic rings. The second kappa shape index (κ2) is 5.06. The van der Waals surface area contributed by atoms with Gasteiger partial charge < -0.3 is 11.5 Å². The molecule has 0 radical (unpaired) electrons. The zero-order chi connectivity index (χ0) is 10.1. The van der Waals surface area contributed by atoms with Crippen LogP contribution in [0.5, 0.6) is 0 Å². The lowest BCUT2D eigenvalue weighted by molar-refractivity contribution is 0.265. The van der Waals surface area contributed by atoms with Gasteiger partial charge >= 0.3 is 0 Å². The van der Waals surface area contributed by atoms with Crippen molar-refractivity contribution in [3.8, 4) is 0 Å². The smallest absolute Gasteiger partial charge is 0.0410 e. The first-order valence-electron chi connectivity index (χ1n) is 4.99. The number of nitrogen functional groups attached to an aromatic ring is 1. The predicted octanol–water partition coefficient (Wildman–Crippen LogP) is 3.14. The van der Waals surface area contributed by atoms with E-state index >= 15 is 0 Å². The van der Waals surface area contributed by atoms with Crippen LogP contribution in [-0.2, 0) is 0 Å². The van der Waals surface area contributed by atoms with Gasteiger partial charge in [-0.05, 0) is 42.5 Å². The number of benzene rings is 1. The molecular formula is C11H16Cl2N2. The van der Waals surface area contributed by atoms with Gasteiger partial charge in [0.1, 0.15) is 0 Å². The van der Waals surface area contributed by atoms with Crippen LogP contribution in [0.4, 0.5) is 5.69 Å². The van der Waals surface area contributed by atoms with Gasteiger partial charge in [-0.25, -0.2) is 0 Å². The van der Waals surface area contributed by atoms with Crippen LogP contribution in [0.2, 0.25) is 5.02 Å². The van der Waals surface area contributed by atoms with Crippen LogP contribution in [0.1, 0.15) is 30.9 Å². The van der Waals surface area contributed by atoms with E-state index < -0.39 is 0 Å². The summed E-state index contributed by atoms with van der Waals surface area (Å²) in [6.45, 7) is 0. The monoisotopic (exact) mass is 246 g/mol. The lowest BCUT2D eigenvalue weighted by Crippen LogP contribution is -2.27. The molecule has 0 aromatic heterocycles. The van der Waals surface area contributed by atoms with Crippen molar-refractivity contribution in [2.75, 3.05) is 5.73 Å². The first kappa shape index (κ1) is 12.6. The standard InChI is InChI=1S/C11H15ClN2.ClH/c12-8-4-5-10(13)9(6-8)11(14)7-2-1-3-7;/h4-7,11H,1-3,13-14H2;1H/t11-;/m0./s1. The molecule has 2 rings (SSSR count). The van der Waals surface area contributed by atoms with Crippen molar-refractivity contribution in [1.29, 1.82) is 0 Å². The molecule has 0 heterocycles. The fourth-order valence-corrected chi connectivity index (χ4v) is 2.07. The summed E-state index contributed by atoms with van der Waals surface area (Å²) < 4.78 is 0. The molecule has 0 aliphatic heterocycles. The maximum Gasteiger partial charge on any atom is 0.0410 e. The van der Waals surface area contributed by atoms with E-state index in [2.05, 4.69) is 0 Å². The maximum atomic E-state index is 6.13. The van der Waals surface area contributed by atoms with E-state index in [1.165, 1.54) is 19.3 Å². The quantitative estimate of drug-likeness (QED) is 0.789. The van der Waals surface area contributed by atoms with Crippen molar-refractivity contribution < 1.29 is 0 Å². The SMILES string of the molecule is Cl.Nc1ccc(Cl)cc1[C@@H](N)C1CCC1. The van der Waals surface area contributed by atoms with Crippen molar-refractivity contribution in [1.82, 2.24) is 0 Å². The zero-order valence-electron chi connectivity index (χ0n) is 8.45. The third kappa shape index (κ3) is 2.57. The van der Waals surface area contributed by atoms with E-state index in [1.54, 1.807) is 6.07 Å². The average molecular weight is 247 g/mol. The van der Waals surface area contributed by atoms with Gasteiger partial charge in [-0.15, -0.1) is 12.4 Å².